The van der Waals surface area contributed by atoms with Crippen molar-refractivity contribution in [1.82, 2.24) is 4.98 Å². The first-order valence-corrected chi connectivity index (χ1v) is 4.67. The van der Waals surface area contributed by atoms with Gasteiger partial charge in [-0.2, -0.15) is 0 Å². The van der Waals surface area contributed by atoms with Gasteiger partial charge in [0.2, 0.25) is 0 Å². The number of carbonyl (C=O) groups excluding carboxylic acids is 1. The van der Waals surface area contributed by atoms with Gasteiger partial charge in [0.15, 0.2) is 0 Å². The van der Waals surface area contributed by atoms with Crippen molar-refractivity contribution in [2.75, 3.05) is 0 Å². The van der Waals surface area contributed by atoms with E-state index in [1.54, 1.807) is 0 Å². The summed E-state index contributed by atoms with van der Waals surface area (Å²) in [5.41, 5.74) is 0.982. The summed E-state index contributed by atoms with van der Waals surface area (Å²) in [4.78, 5) is 14.5. The summed E-state index contributed by atoms with van der Waals surface area (Å²) in [6.07, 6.45) is 4.06. The topological polar surface area (TPSA) is 30.0 Å². The monoisotopic (exact) mass is 185 g/mol. The Hall–Kier alpha value is -1.70. The predicted octanol–water partition coefficient (Wildman–Crippen LogP) is 2.37. The number of fused-ring (bicyclic) bond motifs is 1. The fourth-order valence-electron chi connectivity index (χ4n) is 1.47. The van der Waals surface area contributed by atoms with Crippen LogP contribution in [0.1, 0.15) is 12.1 Å². The molecule has 0 radical (unpaired) electrons. The lowest BCUT2D eigenvalue weighted by Crippen LogP contribution is -1.90. The first-order valence-electron chi connectivity index (χ1n) is 4.67. The highest BCUT2D eigenvalue weighted by atomic mass is 16.1. The quantitative estimate of drug-likeness (QED) is 0.687. The molecule has 2 nitrogen and oxygen atoms in total. The van der Waals surface area contributed by atoms with Crippen molar-refractivity contribution in [2.24, 2.45) is 0 Å². The van der Waals surface area contributed by atoms with Crippen molar-refractivity contribution in [3.05, 3.63) is 42.2 Å². The molecule has 0 N–H and O–H groups in total. The first kappa shape index (κ1) is 8.88. The number of rotatable bonds is 3. The van der Waals surface area contributed by atoms with Crippen molar-refractivity contribution >= 4 is 17.1 Å². The summed E-state index contributed by atoms with van der Waals surface area (Å²) in [7, 11) is 0. The highest BCUT2D eigenvalue weighted by molar-refractivity contribution is 5.81. The van der Waals surface area contributed by atoms with Crippen LogP contribution in [0.3, 0.4) is 0 Å². The van der Waals surface area contributed by atoms with Crippen LogP contribution in [0, 0.1) is 0 Å². The Kier molecular flexibility index (Phi) is 2.54. The van der Waals surface area contributed by atoms with E-state index >= 15 is 0 Å². The van der Waals surface area contributed by atoms with E-state index in [0.29, 0.717) is 6.42 Å². The lowest BCUT2D eigenvalue weighted by molar-refractivity contribution is -0.107. The van der Waals surface area contributed by atoms with Crippen molar-refractivity contribution < 1.29 is 4.79 Å². The number of hydrogen-bond acceptors (Lipinski definition) is 2. The third-order valence-corrected chi connectivity index (χ3v) is 2.21. The standard InChI is InChI=1S/C12H11NO/c14-7-3-6-12-8-10-4-1-2-5-11(10)9-13-12/h1-2,4-5,7-9H,3,6H2. The number of aryl methyl sites for hydroxylation is 1. The van der Waals surface area contributed by atoms with Gasteiger partial charge in [0, 0.05) is 23.7 Å². The minimum Gasteiger partial charge on any atom is -0.303 e. The summed E-state index contributed by atoms with van der Waals surface area (Å²) in [5.74, 6) is 0. The second-order valence-corrected chi connectivity index (χ2v) is 3.23. The third kappa shape index (κ3) is 1.79. The molecule has 1 aromatic heterocycles. The second-order valence-electron chi connectivity index (χ2n) is 3.23. The van der Waals surface area contributed by atoms with Crippen molar-refractivity contribution in [3.8, 4) is 0 Å². The molecule has 0 saturated heterocycles. The number of carbonyl (C=O) groups is 1. The molecule has 2 aromatic rings. The van der Waals surface area contributed by atoms with E-state index in [4.69, 9.17) is 0 Å². The van der Waals surface area contributed by atoms with E-state index in [1.165, 1.54) is 5.39 Å². The third-order valence-electron chi connectivity index (χ3n) is 2.21. The van der Waals surface area contributed by atoms with Gasteiger partial charge in [-0.05, 0) is 17.9 Å². The van der Waals surface area contributed by atoms with Crippen LogP contribution >= 0.6 is 0 Å². The molecule has 0 saturated carbocycles. The Morgan fingerprint density at radius 3 is 2.79 bits per heavy atom. The molecule has 0 aliphatic carbocycles. The van der Waals surface area contributed by atoms with Crippen LogP contribution in [0.2, 0.25) is 0 Å². The number of nitrogens with zero attached hydrogens (tertiary/aromatic N) is 1. The second kappa shape index (κ2) is 4.01. The van der Waals surface area contributed by atoms with Gasteiger partial charge in [0.1, 0.15) is 6.29 Å². The smallest absolute Gasteiger partial charge is 0.120 e. The van der Waals surface area contributed by atoms with Crippen LogP contribution < -0.4 is 0 Å². The number of aldehydes is 1. The van der Waals surface area contributed by atoms with Gasteiger partial charge in [-0.1, -0.05) is 24.3 Å². The zero-order valence-electron chi connectivity index (χ0n) is 7.81. The molecule has 2 rings (SSSR count). The largest absolute Gasteiger partial charge is 0.303 e. The molecule has 0 bridgehead atoms. The van der Waals surface area contributed by atoms with Gasteiger partial charge in [-0.25, -0.2) is 0 Å². The van der Waals surface area contributed by atoms with Crippen LogP contribution in [0.4, 0.5) is 0 Å². The maximum Gasteiger partial charge on any atom is 0.120 e. The van der Waals surface area contributed by atoms with Crippen LogP contribution in [-0.4, -0.2) is 11.3 Å². The lowest BCUT2D eigenvalue weighted by atomic mass is 10.1. The first-order chi connectivity index (χ1) is 6.90. The van der Waals surface area contributed by atoms with Crippen LogP contribution in [0.15, 0.2) is 36.5 Å². The van der Waals surface area contributed by atoms with Crippen molar-refractivity contribution in [3.63, 3.8) is 0 Å². The van der Waals surface area contributed by atoms with Gasteiger partial charge >= 0.3 is 0 Å². The molecule has 0 fully saturated rings. The van der Waals surface area contributed by atoms with E-state index in [1.807, 2.05) is 30.5 Å². The molecule has 1 heterocycles. The number of pyridine rings is 1. The Morgan fingerprint density at radius 2 is 2.00 bits per heavy atom. The van der Waals surface area contributed by atoms with Crippen LogP contribution in [0.5, 0.6) is 0 Å². The highest BCUT2D eigenvalue weighted by Crippen LogP contribution is 2.13. The molecule has 0 unspecified atom stereocenters. The average Bonchev–Trinajstić information content (AvgIpc) is 2.26. The van der Waals surface area contributed by atoms with E-state index in [-0.39, 0.29) is 0 Å². The highest BCUT2D eigenvalue weighted by Gasteiger charge is 1.96. The van der Waals surface area contributed by atoms with Crippen LogP contribution in [0.25, 0.3) is 10.8 Å². The zero-order valence-corrected chi connectivity index (χ0v) is 7.81. The van der Waals surface area contributed by atoms with Gasteiger partial charge < -0.3 is 4.79 Å². The Balaban J connectivity index is 2.36. The average molecular weight is 185 g/mol. The SMILES string of the molecule is O=CCCc1cc2ccccc2cn1. The molecule has 70 valence electrons. The summed E-state index contributed by atoms with van der Waals surface area (Å²) in [6.45, 7) is 0. The molecule has 14 heavy (non-hydrogen) atoms. The number of hydrogen-bond donors (Lipinski definition) is 0. The van der Waals surface area contributed by atoms with Crippen molar-refractivity contribution in [2.45, 2.75) is 12.8 Å². The minimum absolute atomic E-state index is 0.547. The van der Waals surface area contributed by atoms with Crippen molar-refractivity contribution in [1.29, 1.82) is 0 Å². The molecular formula is C12H11NO. The van der Waals surface area contributed by atoms with Crippen LogP contribution in [-0.2, 0) is 11.2 Å². The Morgan fingerprint density at radius 1 is 1.21 bits per heavy atom. The normalized spacial score (nSPS) is 10.3. The molecule has 0 spiro atoms. The zero-order chi connectivity index (χ0) is 9.80. The minimum atomic E-state index is 0.547. The van der Waals surface area contributed by atoms with E-state index < -0.39 is 0 Å². The molecule has 1 aromatic carbocycles. The van der Waals surface area contributed by atoms with Gasteiger partial charge in [0.05, 0.1) is 0 Å². The number of benzene rings is 1. The predicted molar refractivity (Wildman–Crippen MR) is 56.1 cm³/mol. The summed E-state index contributed by atoms with van der Waals surface area (Å²) < 4.78 is 0. The van der Waals surface area contributed by atoms with Gasteiger partial charge in [0.25, 0.3) is 0 Å². The molecular weight excluding hydrogens is 174 g/mol. The number of aromatic nitrogens is 1. The molecule has 0 amide bonds. The molecule has 0 aliphatic heterocycles. The van der Waals surface area contributed by atoms with E-state index in [0.717, 1.165) is 23.8 Å². The van der Waals surface area contributed by atoms with Gasteiger partial charge in [-0.15, -0.1) is 0 Å². The summed E-state index contributed by atoms with van der Waals surface area (Å²) >= 11 is 0. The van der Waals surface area contributed by atoms with Gasteiger partial charge in [-0.3, -0.25) is 4.98 Å². The molecule has 0 atom stereocenters. The maximum atomic E-state index is 10.2. The van der Waals surface area contributed by atoms with E-state index in [9.17, 15) is 4.79 Å². The molecule has 2 heteroatoms. The fraction of sp³-hybridized carbons (Fsp3) is 0.167. The fourth-order valence-corrected chi connectivity index (χ4v) is 1.47. The lowest BCUT2D eigenvalue weighted by Gasteiger charge is -2.00. The summed E-state index contributed by atoms with van der Waals surface area (Å²) in [6, 6.07) is 10.1. The maximum absolute atomic E-state index is 10.2. The molecule has 0 aliphatic rings. The van der Waals surface area contributed by atoms with E-state index in [2.05, 4.69) is 11.1 Å². The Labute approximate surface area is 82.6 Å². The summed E-state index contributed by atoms with van der Waals surface area (Å²) in [5, 5.41) is 2.32. The Bertz CT molecular complexity index is 451.